The molecule has 0 saturated heterocycles. The first kappa shape index (κ1) is 19.8. The highest BCUT2D eigenvalue weighted by Crippen LogP contribution is 2.39. The molecule has 0 aliphatic carbocycles. The largest absolute Gasteiger partial charge is 0.457 e. The van der Waals surface area contributed by atoms with E-state index in [-0.39, 0.29) is 11.4 Å². The maximum Gasteiger partial charge on any atom is 0.142 e. The summed E-state index contributed by atoms with van der Waals surface area (Å²) in [5.41, 5.74) is 8.84. The summed E-state index contributed by atoms with van der Waals surface area (Å²) in [6.45, 7) is 0. The molecule has 1 heterocycles. The number of ether oxygens (including phenoxy) is 1. The minimum atomic E-state index is 0.116. The van der Waals surface area contributed by atoms with Crippen molar-refractivity contribution in [3.05, 3.63) is 94.5 Å². The van der Waals surface area contributed by atoms with E-state index in [4.69, 9.17) is 33.7 Å². The van der Waals surface area contributed by atoms with Gasteiger partial charge < -0.3 is 10.5 Å². The van der Waals surface area contributed by atoms with Crippen LogP contribution in [0, 0.1) is 11.3 Å². The fourth-order valence-electron chi connectivity index (χ4n) is 3.10. The van der Waals surface area contributed by atoms with Gasteiger partial charge in [0.15, 0.2) is 0 Å². The number of hydrogen-bond donors (Lipinski definition) is 1. The Morgan fingerprint density at radius 2 is 1.47 bits per heavy atom. The summed E-state index contributed by atoms with van der Waals surface area (Å²) in [4.78, 5) is 4.40. The van der Waals surface area contributed by atoms with Crippen molar-refractivity contribution in [1.29, 1.82) is 5.26 Å². The third kappa shape index (κ3) is 3.95. The lowest BCUT2D eigenvalue weighted by Crippen LogP contribution is -2.00. The molecule has 6 heteroatoms. The normalized spacial score (nSPS) is 10.4. The molecule has 0 spiro atoms. The summed E-state index contributed by atoms with van der Waals surface area (Å²) in [5, 5.41) is 10.5. The van der Waals surface area contributed by atoms with Gasteiger partial charge in [-0.05, 0) is 54.6 Å². The van der Waals surface area contributed by atoms with E-state index in [0.29, 0.717) is 32.6 Å². The topological polar surface area (TPSA) is 71.9 Å². The van der Waals surface area contributed by atoms with Crippen LogP contribution in [0.4, 0.5) is 5.82 Å². The van der Waals surface area contributed by atoms with Crippen LogP contribution in [0.1, 0.15) is 5.56 Å². The Bertz CT molecular complexity index is 1230. The number of benzene rings is 3. The van der Waals surface area contributed by atoms with E-state index in [1.165, 1.54) is 0 Å². The lowest BCUT2D eigenvalue weighted by atomic mass is 9.98. The zero-order valence-electron chi connectivity index (χ0n) is 15.6. The molecule has 0 radical (unpaired) electrons. The second kappa shape index (κ2) is 8.46. The molecule has 2 N–H and O–H groups in total. The summed E-state index contributed by atoms with van der Waals surface area (Å²) in [6, 6.07) is 26.0. The van der Waals surface area contributed by atoms with Crippen molar-refractivity contribution in [1.82, 2.24) is 4.98 Å². The monoisotopic (exact) mass is 431 g/mol. The average molecular weight is 432 g/mol. The predicted molar refractivity (Wildman–Crippen MR) is 121 cm³/mol. The van der Waals surface area contributed by atoms with E-state index >= 15 is 0 Å². The van der Waals surface area contributed by atoms with Gasteiger partial charge in [0, 0.05) is 26.7 Å². The smallest absolute Gasteiger partial charge is 0.142 e. The molecule has 30 heavy (non-hydrogen) atoms. The van der Waals surface area contributed by atoms with E-state index in [2.05, 4.69) is 11.1 Å². The minimum absolute atomic E-state index is 0.116. The Balaban J connectivity index is 1.75. The highest BCUT2D eigenvalue weighted by Gasteiger charge is 2.18. The van der Waals surface area contributed by atoms with Crippen molar-refractivity contribution in [2.75, 3.05) is 5.73 Å². The van der Waals surface area contributed by atoms with Gasteiger partial charge in [0.2, 0.25) is 0 Å². The number of pyridine rings is 1. The Morgan fingerprint density at radius 3 is 2.10 bits per heavy atom. The fourth-order valence-corrected chi connectivity index (χ4v) is 3.70. The predicted octanol–water partition coefficient (Wildman–Crippen LogP) is 6.97. The molecule has 4 aromatic rings. The lowest BCUT2D eigenvalue weighted by molar-refractivity contribution is 0.483. The molecule has 0 amide bonds. The Morgan fingerprint density at radius 1 is 0.833 bits per heavy atom. The Labute approximate surface area is 184 Å². The second-order valence-electron chi connectivity index (χ2n) is 6.46. The molecule has 0 unspecified atom stereocenters. The van der Waals surface area contributed by atoms with Gasteiger partial charge >= 0.3 is 0 Å². The van der Waals surface area contributed by atoms with E-state index in [1.54, 1.807) is 24.3 Å². The number of nitrogen functional groups attached to an aromatic ring is 1. The average Bonchev–Trinajstić information content (AvgIpc) is 2.75. The zero-order chi connectivity index (χ0) is 21.1. The van der Waals surface area contributed by atoms with E-state index in [9.17, 15) is 5.26 Å². The van der Waals surface area contributed by atoms with Crippen LogP contribution in [0.5, 0.6) is 11.5 Å². The number of nitrogens with zero attached hydrogens (tertiary/aromatic N) is 2. The maximum absolute atomic E-state index is 9.61. The third-order valence-corrected chi connectivity index (χ3v) is 5.15. The standard InChI is InChI=1S/C24H15Cl2N3O/c25-20-7-4-8-21(26)23(20)18-13-22(29-24(28)19(18)14-27)15-9-11-17(12-10-15)30-16-5-2-1-3-6-16/h1-13H,(H2,28,29). The van der Waals surface area contributed by atoms with Crippen LogP contribution < -0.4 is 10.5 Å². The van der Waals surface area contributed by atoms with Gasteiger partial charge in [0.1, 0.15) is 28.9 Å². The van der Waals surface area contributed by atoms with Crippen molar-refractivity contribution in [2.24, 2.45) is 0 Å². The lowest BCUT2D eigenvalue weighted by Gasteiger charge is -2.13. The second-order valence-corrected chi connectivity index (χ2v) is 7.28. The first-order valence-electron chi connectivity index (χ1n) is 9.05. The van der Waals surface area contributed by atoms with Crippen LogP contribution in [-0.4, -0.2) is 4.98 Å². The molecular weight excluding hydrogens is 417 g/mol. The van der Waals surface area contributed by atoms with Gasteiger partial charge in [0.05, 0.1) is 5.69 Å². The molecule has 146 valence electrons. The van der Waals surface area contributed by atoms with Crippen molar-refractivity contribution >= 4 is 29.0 Å². The van der Waals surface area contributed by atoms with Crippen LogP contribution in [-0.2, 0) is 0 Å². The number of nitriles is 1. The van der Waals surface area contributed by atoms with Crippen LogP contribution >= 0.6 is 23.2 Å². The Hall–Kier alpha value is -3.52. The van der Waals surface area contributed by atoms with Gasteiger partial charge in [-0.3, -0.25) is 0 Å². The number of halogens is 2. The van der Waals surface area contributed by atoms with Crippen LogP contribution in [0.15, 0.2) is 78.9 Å². The molecule has 0 bridgehead atoms. The minimum Gasteiger partial charge on any atom is -0.457 e. The summed E-state index contributed by atoms with van der Waals surface area (Å²) in [5.74, 6) is 1.56. The van der Waals surface area contributed by atoms with Gasteiger partial charge in [-0.2, -0.15) is 5.26 Å². The van der Waals surface area contributed by atoms with Crippen LogP contribution in [0.25, 0.3) is 22.4 Å². The highest BCUT2D eigenvalue weighted by atomic mass is 35.5. The zero-order valence-corrected chi connectivity index (χ0v) is 17.2. The molecule has 0 aliphatic rings. The first-order chi connectivity index (χ1) is 14.6. The number of nitrogens with two attached hydrogens (primary N) is 1. The molecule has 0 saturated carbocycles. The molecule has 3 aromatic carbocycles. The molecule has 4 nitrogen and oxygen atoms in total. The summed E-state index contributed by atoms with van der Waals surface area (Å²) >= 11 is 12.7. The van der Waals surface area contributed by atoms with Crippen molar-refractivity contribution in [3.8, 4) is 40.0 Å². The number of rotatable bonds is 4. The van der Waals surface area contributed by atoms with Crippen molar-refractivity contribution in [2.45, 2.75) is 0 Å². The quantitative estimate of drug-likeness (QED) is 0.378. The first-order valence-corrected chi connectivity index (χ1v) is 9.81. The SMILES string of the molecule is N#Cc1c(-c2c(Cl)cccc2Cl)cc(-c2ccc(Oc3ccccc3)cc2)nc1N. The van der Waals surface area contributed by atoms with E-state index in [0.717, 1.165) is 11.3 Å². The number of hydrogen-bond acceptors (Lipinski definition) is 4. The third-order valence-electron chi connectivity index (χ3n) is 4.52. The van der Waals surface area contributed by atoms with Gasteiger partial charge in [-0.15, -0.1) is 0 Å². The maximum atomic E-state index is 9.61. The molecular formula is C24H15Cl2N3O. The van der Waals surface area contributed by atoms with Crippen molar-refractivity contribution in [3.63, 3.8) is 0 Å². The summed E-state index contributed by atoms with van der Waals surface area (Å²) in [7, 11) is 0. The van der Waals surface area contributed by atoms with E-state index < -0.39 is 0 Å². The van der Waals surface area contributed by atoms with Crippen molar-refractivity contribution < 1.29 is 4.74 Å². The van der Waals surface area contributed by atoms with Gasteiger partial charge in [-0.1, -0.05) is 47.5 Å². The number of anilines is 1. The Kier molecular flexibility index (Phi) is 5.58. The molecule has 1 aromatic heterocycles. The van der Waals surface area contributed by atoms with Gasteiger partial charge in [-0.25, -0.2) is 4.98 Å². The van der Waals surface area contributed by atoms with Crippen LogP contribution in [0.3, 0.4) is 0 Å². The molecule has 0 aliphatic heterocycles. The molecule has 4 rings (SSSR count). The summed E-state index contributed by atoms with van der Waals surface area (Å²) < 4.78 is 5.83. The molecule has 0 atom stereocenters. The summed E-state index contributed by atoms with van der Waals surface area (Å²) in [6.07, 6.45) is 0. The highest BCUT2D eigenvalue weighted by molar-refractivity contribution is 6.39. The number of aromatic nitrogens is 1. The van der Waals surface area contributed by atoms with E-state index in [1.807, 2.05) is 54.6 Å². The molecule has 0 fully saturated rings. The fraction of sp³-hybridized carbons (Fsp3) is 0. The number of para-hydroxylation sites is 1. The van der Waals surface area contributed by atoms with Crippen LogP contribution in [0.2, 0.25) is 10.0 Å². The van der Waals surface area contributed by atoms with Gasteiger partial charge in [0.25, 0.3) is 0 Å².